The van der Waals surface area contributed by atoms with Crippen molar-refractivity contribution < 1.29 is 4.79 Å². The molecule has 1 aliphatic heterocycles. The Kier molecular flexibility index (Phi) is 6.10. The van der Waals surface area contributed by atoms with E-state index in [0.717, 1.165) is 18.6 Å². The van der Waals surface area contributed by atoms with Crippen LogP contribution < -0.4 is 10.6 Å². The third kappa shape index (κ3) is 5.42. The highest BCUT2D eigenvalue weighted by Crippen LogP contribution is 2.16. The van der Waals surface area contributed by atoms with E-state index in [9.17, 15) is 4.79 Å². The molecule has 0 spiro atoms. The molecular weight excluding hydrogens is 208 g/mol. The average molecular weight is 230 g/mol. The zero-order valence-corrected chi connectivity index (χ0v) is 10.5. The molecule has 3 nitrogen and oxygen atoms in total. The largest absolute Gasteiger partial charge is 0.353 e. The summed E-state index contributed by atoms with van der Waals surface area (Å²) in [5.74, 6) is 2.51. The van der Waals surface area contributed by atoms with Crippen molar-refractivity contribution >= 4 is 17.7 Å². The second-order valence-electron chi connectivity index (χ2n) is 4.20. The Morgan fingerprint density at radius 2 is 2.40 bits per heavy atom. The van der Waals surface area contributed by atoms with Crippen LogP contribution in [0, 0.1) is 0 Å². The van der Waals surface area contributed by atoms with Gasteiger partial charge in [-0.2, -0.15) is 11.8 Å². The van der Waals surface area contributed by atoms with Crippen molar-refractivity contribution in [1.82, 2.24) is 10.6 Å². The molecule has 2 N–H and O–H groups in total. The summed E-state index contributed by atoms with van der Waals surface area (Å²) < 4.78 is 0. The summed E-state index contributed by atoms with van der Waals surface area (Å²) in [6, 6.07) is 0.851. The van der Waals surface area contributed by atoms with Crippen LogP contribution >= 0.6 is 11.8 Å². The van der Waals surface area contributed by atoms with Gasteiger partial charge in [0.25, 0.3) is 0 Å². The smallest absolute Gasteiger partial charge is 0.234 e. The number of hydrogen-bond acceptors (Lipinski definition) is 3. The van der Waals surface area contributed by atoms with Crippen LogP contribution in [0.1, 0.15) is 33.1 Å². The van der Waals surface area contributed by atoms with Gasteiger partial charge in [0, 0.05) is 17.8 Å². The van der Waals surface area contributed by atoms with Crippen molar-refractivity contribution in [2.24, 2.45) is 0 Å². The molecule has 0 saturated carbocycles. The lowest BCUT2D eigenvalue weighted by Crippen LogP contribution is -2.42. The third-order valence-corrected chi connectivity index (χ3v) is 3.77. The van der Waals surface area contributed by atoms with Crippen LogP contribution in [-0.4, -0.2) is 36.0 Å². The van der Waals surface area contributed by atoms with E-state index in [2.05, 4.69) is 24.5 Å². The average Bonchev–Trinajstić information content (AvgIpc) is 2.67. The van der Waals surface area contributed by atoms with Crippen molar-refractivity contribution in [1.29, 1.82) is 0 Å². The monoisotopic (exact) mass is 230 g/mol. The van der Waals surface area contributed by atoms with Gasteiger partial charge >= 0.3 is 0 Å². The second kappa shape index (κ2) is 7.12. The van der Waals surface area contributed by atoms with Crippen LogP contribution in [0.15, 0.2) is 0 Å². The lowest BCUT2D eigenvalue weighted by Gasteiger charge is -2.15. The molecule has 1 fully saturated rings. The third-order valence-electron chi connectivity index (χ3n) is 2.61. The molecule has 15 heavy (non-hydrogen) atoms. The highest BCUT2D eigenvalue weighted by molar-refractivity contribution is 7.99. The maximum atomic E-state index is 11.5. The minimum absolute atomic E-state index is 0.132. The maximum absolute atomic E-state index is 11.5. The minimum Gasteiger partial charge on any atom is -0.353 e. The number of rotatable bonds is 6. The number of carbonyl (C=O) groups is 1. The van der Waals surface area contributed by atoms with Gasteiger partial charge < -0.3 is 10.6 Å². The summed E-state index contributed by atoms with van der Waals surface area (Å²) in [6.07, 6.45) is 3.38. The Hall–Kier alpha value is -0.220. The predicted octanol–water partition coefficient (Wildman–Crippen LogP) is 1.39. The fraction of sp³-hybridized carbons (Fsp3) is 0.909. The Labute approximate surface area is 96.8 Å². The zero-order valence-electron chi connectivity index (χ0n) is 9.71. The van der Waals surface area contributed by atoms with E-state index in [1.807, 2.05) is 11.8 Å². The Bertz CT molecular complexity index is 193. The first kappa shape index (κ1) is 12.8. The van der Waals surface area contributed by atoms with Crippen LogP contribution in [0.5, 0.6) is 0 Å². The van der Waals surface area contributed by atoms with Crippen molar-refractivity contribution in [3.05, 3.63) is 0 Å². The molecule has 0 radical (unpaired) electrons. The number of thioether (sulfide) groups is 1. The number of hydrogen-bond donors (Lipinski definition) is 2. The van der Waals surface area contributed by atoms with Crippen molar-refractivity contribution in [2.75, 3.05) is 18.1 Å². The number of amides is 1. The van der Waals surface area contributed by atoms with E-state index in [1.54, 1.807) is 0 Å². The van der Waals surface area contributed by atoms with Crippen LogP contribution in [0.4, 0.5) is 0 Å². The van der Waals surface area contributed by atoms with E-state index in [4.69, 9.17) is 0 Å². The molecule has 0 aromatic carbocycles. The first-order valence-corrected chi connectivity index (χ1v) is 6.98. The first-order valence-electron chi connectivity index (χ1n) is 5.83. The van der Waals surface area contributed by atoms with Crippen LogP contribution in [-0.2, 0) is 4.79 Å². The van der Waals surface area contributed by atoms with Gasteiger partial charge in [0.1, 0.15) is 0 Å². The van der Waals surface area contributed by atoms with Gasteiger partial charge in [-0.3, -0.25) is 4.79 Å². The first-order chi connectivity index (χ1) is 7.22. The standard InChI is InChI=1S/C11H22N2OS/c1-3-4-9(2)13-11(14)7-12-10-5-6-15-8-10/h9-10,12H,3-8H2,1-2H3,(H,13,14). The van der Waals surface area contributed by atoms with Gasteiger partial charge in [-0.1, -0.05) is 13.3 Å². The van der Waals surface area contributed by atoms with Gasteiger partial charge in [0.15, 0.2) is 0 Å². The topological polar surface area (TPSA) is 41.1 Å². The van der Waals surface area contributed by atoms with Gasteiger partial charge in [0.05, 0.1) is 6.54 Å². The van der Waals surface area contributed by atoms with Crippen LogP contribution in [0.3, 0.4) is 0 Å². The van der Waals surface area contributed by atoms with E-state index in [-0.39, 0.29) is 5.91 Å². The molecule has 1 aliphatic rings. The molecule has 0 aromatic rings. The molecule has 1 amide bonds. The fourth-order valence-electron chi connectivity index (χ4n) is 1.76. The summed E-state index contributed by atoms with van der Waals surface area (Å²) in [5, 5.41) is 6.29. The van der Waals surface area contributed by atoms with Gasteiger partial charge in [0.2, 0.25) is 5.91 Å². The normalized spacial score (nSPS) is 22.7. The molecule has 2 unspecified atom stereocenters. The Balaban J connectivity index is 2.07. The molecule has 4 heteroatoms. The summed E-state index contributed by atoms with van der Waals surface area (Å²) in [6.45, 7) is 4.67. The molecule has 88 valence electrons. The molecule has 0 bridgehead atoms. The molecule has 0 aromatic heterocycles. The summed E-state index contributed by atoms with van der Waals surface area (Å²) in [7, 11) is 0. The number of nitrogens with one attached hydrogen (secondary N) is 2. The van der Waals surface area contributed by atoms with Crippen LogP contribution in [0.25, 0.3) is 0 Å². The molecule has 1 heterocycles. The van der Waals surface area contributed by atoms with Crippen molar-refractivity contribution in [3.63, 3.8) is 0 Å². The minimum atomic E-state index is 0.132. The highest BCUT2D eigenvalue weighted by Gasteiger charge is 2.15. The lowest BCUT2D eigenvalue weighted by atomic mass is 10.2. The highest BCUT2D eigenvalue weighted by atomic mass is 32.2. The van der Waals surface area contributed by atoms with Gasteiger partial charge in [-0.05, 0) is 25.5 Å². The van der Waals surface area contributed by atoms with Gasteiger partial charge in [-0.15, -0.1) is 0 Å². The SMILES string of the molecule is CCCC(C)NC(=O)CNC1CCSC1. The molecule has 0 aliphatic carbocycles. The Morgan fingerprint density at radius 1 is 1.60 bits per heavy atom. The van der Waals surface area contributed by atoms with E-state index >= 15 is 0 Å². The van der Waals surface area contributed by atoms with Crippen molar-refractivity contribution in [2.45, 2.75) is 45.2 Å². The summed E-state index contributed by atoms with van der Waals surface area (Å²) >= 11 is 1.96. The number of carbonyl (C=O) groups excluding carboxylic acids is 1. The molecular formula is C11H22N2OS. The predicted molar refractivity (Wildman–Crippen MR) is 66.2 cm³/mol. The fourth-order valence-corrected chi connectivity index (χ4v) is 2.95. The summed E-state index contributed by atoms with van der Waals surface area (Å²) in [5.41, 5.74) is 0. The molecule has 1 rings (SSSR count). The van der Waals surface area contributed by atoms with E-state index in [0.29, 0.717) is 18.6 Å². The quantitative estimate of drug-likeness (QED) is 0.724. The summed E-state index contributed by atoms with van der Waals surface area (Å²) in [4.78, 5) is 11.5. The second-order valence-corrected chi connectivity index (χ2v) is 5.35. The maximum Gasteiger partial charge on any atom is 0.234 e. The van der Waals surface area contributed by atoms with E-state index in [1.165, 1.54) is 12.2 Å². The molecule has 2 atom stereocenters. The van der Waals surface area contributed by atoms with E-state index < -0.39 is 0 Å². The van der Waals surface area contributed by atoms with Crippen LogP contribution in [0.2, 0.25) is 0 Å². The molecule has 1 saturated heterocycles. The lowest BCUT2D eigenvalue weighted by molar-refractivity contribution is -0.121. The zero-order chi connectivity index (χ0) is 11.1. The van der Waals surface area contributed by atoms with Crippen molar-refractivity contribution in [3.8, 4) is 0 Å². The van der Waals surface area contributed by atoms with Gasteiger partial charge in [-0.25, -0.2) is 0 Å². The Morgan fingerprint density at radius 3 is 3.00 bits per heavy atom.